The maximum absolute atomic E-state index is 12.2. The molecule has 0 aliphatic carbocycles. The maximum Gasteiger partial charge on any atom is 0.267 e. The van der Waals surface area contributed by atoms with Crippen LogP contribution in [0, 0.1) is 6.92 Å². The number of benzene rings is 1. The summed E-state index contributed by atoms with van der Waals surface area (Å²) in [5.41, 5.74) is 1.09. The van der Waals surface area contributed by atoms with E-state index in [2.05, 4.69) is 15.5 Å². The third-order valence-corrected chi connectivity index (χ3v) is 4.56. The van der Waals surface area contributed by atoms with E-state index in [1.165, 1.54) is 23.1 Å². The Hall–Kier alpha value is -1.60. The summed E-state index contributed by atoms with van der Waals surface area (Å²) in [5.74, 6) is 0.488. The number of aryl methyl sites for hydroxylation is 1. The highest BCUT2D eigenvalue weighted by atomic mass is 32.2. The summed E-state index contributed by atoms with van der Waals surface area (Å²) in [5, 5.41) is 11.1. The maximum atomic E-state index is 12.2. The number of rotatable bonds is 6. The molecule has 21 heavy (non-hydrogen) atoms. The second kappa shape index (κ2) is 7.42. The van der Waals surface area contributed by atoms with E-state index in [0.29, 0.717) is 17.3 Å². The molecule has 1 heterocycles. The zero-order chi connectivity index (χ0) is 15.2. The van der Waals surface area contributed by atoms with Gasteiger partial charge < -0.3 is 4.74 Å². The van der Waals surface area contributed by atoms with Gasteiger partial charge in [-0.15, -0.1) is 10.2 Å². The standard InChI is InChI=1S/C14H17N3O2S2/c1-4-11(19-10-7-5-6-9(2)8-10)12(18)15-13-16-17-14(20-3)21-13/h5-8,11H,4H2,1-3H3,(H,15,16,18)/t11-/m1/s1. The number of hydrogen-bond acceptors (Lipinski definition) is 6. The van der Waals surface area contributed by atoms with Crippen LogP contribution in [-0.2, 0) is 4.79 Å². The lowest BCUT2D eigenvalue weighted by atomic mass is 10.2. The predicted molar refractivity (Wildman–Crippen MR) is 86.2 cm³/mol. The van der Waals surface area contributed by atoms with Crippen molar-refractivity contribution in [3.05, 3.63) is 29.8 Å². The Morgan fingerprint density at radius 2 is 2.29 bits per heavy atom. The monoisotopic (exact) mass is 323 g/mol. The summed E-state index contributed by atoms with van der Waals surface area (Å²) in [6, 6.07) is 7.65. The van der Waals surface area contributed by atoms with Gasteiger partial charge in [-0.2, -0.15) is 0 Å². The number of aromatic nitrogens is 2. The minimum absolute atomic E-state index is 0.206. The molecule has 0 bridgehead atoms. The molecule has 7 heteroatoms. The summed E-state index contributed by atoms with van der Waals surface area (Å²) >= 11 is 2.85. The molecular weight excluding hydrogens is 306 g/mol. The molecule has 2 aromatic rings. The molecule has 112 valence electrons. The number of ether oxygens (including phenoxy) is 1. The number of thioether (sulfide) groups is 1. The fraction of sp³-hybridized carbons (Fsp3) is 0.357. The highest BCUT2D eigenvalue weighted by Gasteiger charge is 2.20. The largest absolute Gasteiger partial charge is 0.481 e. The second-order valence-corrected chi connectivity index (χ2v) is 6.43. The van der Waals surface area contributed by atoms with Crippen LogP contribution in [-0.4, -0.2) is 28.5 Å². The number of carbonyl (C=O) groups excluding carboxylic acids is 1. The van der Waals surface area contributed by atoms with E-state index in [1.807, 2.05) is 44.4 Å². The van der Waals surface area contributed by atoms with Crippen molar-refractivity contribution in [1.29, 1.82) is 0 Å². The van der Waals surface area contributed by atoms with Crippen LogP contribution in [0.3, 0.4) is 0 Å². The minimum Gasteiger partial charge on any atom is -0.481 e. The summed E-state index contributed by atoms with van der Waals surface area (Å²) in [6.07, 6.45) is 1.95. The fourth-order valence-corrected chi connectivity index (χ4v) is 2.88. The van der Waals surface area contributed by atoms with Gasteiger partial charge in [0, 0.05) is 0 Å². The van der Waals surface area contributed by atoms with Gasteiger partial charge in [0.1, 0.15) is 5.75 Å². The first kappa shape index (κ1) is 15.8. The quantitative estimate of drug-likeness (QED) is 0.652. The highest BCUT2D eigenvalue weighted by molar-refractivity contribution is 8.00. The lowest BCUT2D eigenvalue weighted by Gasteiger charge is -2.16. The van der Waals surface area contributed by atoms with E-state index in [0.717, 1.165) is 9.90 Å². The van der Waals surface area contributed by atoms with Crippen molar-refractivity contribution in [2.75, 3.05) is 11.6 Å². The van der Waals surface area contributed by atoms with Crippen molar-refractivity contribution >= 4 is 34.1 Å². The van der Waals surface area contributed by atoms with E-state index in [-0.39, 0.29) is 5.91 Å². The molecule has 0 unspecified atom stereocenters. The minimum atomic E-state index is -0.548. The van der Waals surface area contributed by atoms with Crippen molar-refractivity contribution in [3.8, 4) is 5.75 Å². The molecule has 0 radical (unpaired) electrons. The van der Waals surface area contributed by atoms with Crippen molar-refractivity contribution in [2.45, 2.75) is 30.7 Å². The lowest BCUT2D eigenvalue weighted by molar-refractivity contribution is -0.122. The van der Waals surface area contributed by atoms with Crippen molar-refractivity contribution < 1.29 is 9.53 Å². The molecule has 1 aromatic carbocycles. The van der Waals surface area contributed by atoms with Crippen LogP contribution in [0.5, 0.6) is 5.75 Å². The average Bonchev–Trinajstić information content (AvgIpc) is 2.92. The summed E-state index contributed by atoms with van der Waals surface area (Å²) in [7, 11) is 0. The number of nitrogens with one attached hydrogen (secondary N) is 1. The van der Waals surface area contributed by atoms with Crippen molar-refractivity contribution in [3.63, 3.8) is 0 Å². The second-order valence-electron chi connectivity index (χ2n) is 4.40. The number of nitrogens with zero attached hydrogens (tertiary/aromatic N) is 2. The molecule has 5 nitrogen and oxygen atoms in total. The van der Waals surface area contributed by atoms with Gasteiger partial charge in [-0.3, -0.25) is 10.1 Å². The molecule has 0 saturated heterocycles. The predicted octanol–water partition coefficient (Wildman–Crippen LogP) is 3.36. The normalized spacial score (nSPS) is 12.0. The number of hydrogen-bond donors (Lipinski definition) is 1. The molecule has 0 aliphatic rings. The molecule has 0 saturated carbocycles. The third kappa shape index (κ3) is 4.44. The van der Waals surface area contributed by atoms with Gasteiger partial charge in [0.25, 0.3) is 5.91 Å². The number of anilines is 1. The van der Waals surface area contributed by atoms with Gasteiger partial charge in [-0.25, -0.2) is 0 Å². The van der Waals surface area contributed by atoms with E-state index < -0.39 is 6.10 Å². The summed E-state index contributed by atoms with van der Waals surface area (Å²) < 4.78 is 6.57. The number of amides is 1. The third-order valence-electron chi connectivity index (χ3n) is 2.74. The van der Waals surface area contributed by atoms with Crippen molar-refractivity contribution in [2.24, 2.45) is 0 Å². The van der Waals surface area contributed by atoms with Crippen LogP contribution >= 0.6 is 23.1 Å². The first-order valence-electron chi connectivity index (χ1n) is 6.54. The molecule has 0 aliphatic heterocycles. The van der Waals surface area contributed by atoms with Crippen molar-refractivity contribution in [1.82, 2.24) is 10.2 Å². The first-order valence-corrected chi connectivity index (χ1v) is 8.58. The number of carbonyl (C=O) groups is 1. The molecule has 2 rings (SSSR count). The Kier molecular flexibility index (Phi) is 5.58. The zero-order valence-corrected chi connectivity index (χ0v) is 13.8. The van der Waals surface area contributed by atoms with Crippen LogP contribution in [0.4, 0.5) is 5.13 Å². The van der Waals surface area contributed by atoms with E-state index in [4.69, 9.17) is 4.74 Å². The first-order chi connectivity index (χ1) is 10.1. The Balaban J connectivity index is 2.01. The van der Waals surface area contributed by atoms with Gasteiger partial charge in [0.05, 0.1) is 0 Å². The molecule has 0 fully saturated rings. The SMILES string of the molecule is CC[C@@H](Oc1cccc(C)c1)C(=O)Nc1nnc(SC)s1. The van der Waals surface area contributed by atoms with Gasteiger partial charge >= 0.3 is 0 Å². The summed E-state index contributed by atoms with van der Waals surface area (Å²) in [4.78, 5) is 12.2. The highest BCUT2D eigenvalue weighted by Crippen LogP contribution is 2.23. The van der Waals surface area contributed by atoms with Gasteiger partial charge in [-0.1, -0.05) is 42.2 Å². The fourth-order valence-electron chi connectivity index (χ4n) is 1.70. The average molecular weight is 323 g/mol. The molecule has 1 N–H and O–H groups in total. The van der Waals surface area contributed by atoms with Crippen LogP contribution < -0.4 is 10.1 Å². The molecule has 0 spiro atoms. The zero-order valence-electron chi connectivity index (χ0n) is 12.1. The van der Waals surface area contributed by atoms with Crippen LogP contribution in [0.25, 0.3) is 0 Å². The van der Waals surface area contributed by atoms with Crippen LogP contribution in [0.1, 0.15) is 18.9 Å². The Labute approximate surface area is 132 Å². The van der Waals surface area contributed by atoms with E-state index in [1.54, 1.807) is 0 Å². The Morgan fingerprint density at radius 3 is 2.90 bits per heavy atom. The lowest BCUT2D eigenvalue weighted by Crippen LogP contribution is -2.32. The van der Waals surface area contributed by atoms with Crippen LogP contribution in [0.2, 0.25) is 0 Å². The van der Waals surface area contributed by atoms with E-state index in [9.17, 15) is 4.79 Å². The van der Waals surface area contributed by atoms with Gasteiger partial charge in [-0.05, 0) is 37.3 Å². The topological polar surface area (TPSA) is 64.1 Å². The molecule has 1 aromatic heterocycles. The Morgan fingerprint density at radius 1 is 1.48 bits per heavy atom. The molecular formula is C14H17N3O2S2. The molecule has 1 amide bonds. The Bertz CT molecular complexity index is 616. The molecule has 1 atom stereocenters. The van der Waals surface area contributed by atoms with Gasteiger partial charge in [0.2, 0.25) is 5.13 Å². The van der Waals surface area contributed by atoms with Crippen LogP contribution in [0.15, 0.2) is 28.6 Å². The smallest absolute Gasteiger partial charge is 0.267 e. The summed E-state index contributed by atoms with van der Waals surface area (Å²) in [6.45, 7) is 3.90. The van der Waals surface area contributed by atoms with Gasteiger partial charge in [0.15, 0.2) is 10.4 Å². The van der Waals surface area contributed by atoms with E-state index >= 15 is 0 Å².